The third-order valence-electron chi connectivity index (χ3n) is 4.81. The molecule has 0 aromatic heterocycles. The van der Waals surface area contributed by atoms with Crippen LogP contribution < -0.4 is 10.1 Å². The van der Waals surface area contributed by atoms with Crippen LogP contribution in [0, 0.1) is 0 Å². The van der Waals surface area contributed by atoms with E-state index in [0.29, 0.717) is 31.2 Å². The fourth-order valence-electron chi connectivity index (χ4n) is 3.15. The lowest BCUT2D eigenvalue weighted by atomic mass is 10.2. The molecule has 0 bridgehead atoms. The molecular weight excluding hydrogens is 358 g/mol. The predicted molar refractivity (Wildman–Crippen MR) is 111 cm³/mol. The Morgan fingerprint density at radius 3 is 2.64 bits per heavy atom. The Labute approximate surface area is 168 Å². The van der Waals surface area contributed by atoms with E-state index in [9.17, 15) is 4.79 Å². The van der Waals surface area contributed by atoms with E-state index in [4.69, 9.17) is 14.2 Å². The molecular formula is C21H35N3O4. The monoisotopic (exact) mass is 393 g/mol. The number of nitrogens with zero attached hydrogens (tertiary/aromatic N) is 2. The first-order valence-corrected chi connectivity index (χ1v) is 10.2. The zero-order valence-electron chi connectivity index (χ0n) is 17.5. The summed E-state index contributed by atoms with van der Waals surface area (Å²) in [6.45, 7) is 7.82. The molecule has 0 radical (unpaired) electrons. The van der Waals surface area contributed by atoms with Crippen LogP contribution in [0.5, 0.6) is 5.75 Å². The lowest BCUT2D eigenvalue weighted by molar-refractivity contribution is 0.0157. The number of nitrogens with one attached hydrogen (secondary N) is 1. The number of hydrogen-bond acceptors (Lipinski definition) is 6. The van der Waals surface area contributed by atoms with Gasteiger partial charge in [0, 0.05) is 39.8 Å². The van der Waals surface area contributed by atoms with Gasteiger partial charge in [0.1, 0.15) is 11.9 Å². The molecule has 1 aliphatic heterocycles. The normalized spacial score (nSPS) is 16.5. The van der Waals surface area contributed by atoms with Gasteiger partial charge in [0.15, 0.2) is 0 Å². The summed E-state index contributed by atoms with van der Waals surface area (Å²) in [5.74, 6) is 0.665. The summed E-state index contributed by atoms with van der Waals surface area (Å²) in [6, 6.07) is 7.44. The summed E-state index contributed by atoms with van der Waals surface area (Å²) in [7, 11) is 3.74. The fraction of sp³-hybridized carbons (Fsp3) is 0.667. The number of hydrogen-bond donors (Lipinski definition) is 1. The van der Waals surface area contributed by atoms with Crippen LogP contribution >= 0.6 is 0 Å². The Morgan fingerprint density at radius 1 is 1.18 bits per heavy atom. The number of rotatable bonds is 11. The third kappa shape index (κ3) is 8.04. The second kappa shape index (κ2) is 12.6. The van der Waals surface area contributed by atoms with Crippen molar-refractivity contribution in [2.75, 3.05) is 65.4 Å². The number of amides is 1. The molecule has 1 fully saturated rings. The van der Waals surface area contributed by atoms with Crippen LogP contribution in [-0.2, 0) is 9.47 Å². The smallest absolute Gasteiger partial charge is 0.412 e. The maximum absolute atomic E-state index is 12.4. The van der Waals surface area contributed by atoms with Crippen molar-refractivity contribution in [2.45, 2.75) is 32.3 Å². The van der Waals surface area contributed by atoms with Crippen molar-refractivity contribution in [1.29, 1.82) is 0 Å². The Kier molecular flexibility index (Phi) is 10.1. The van der Waals surface area contributed by atoms with Crippen molar-refractivity contribution >= 4 is 11.8 Å². The number of methoxy groups -OCH3 is 1. The number of unbranched alkanes of at least 4 members (excludes halogenated alkanes) is 2. The summed E-state index contributed by atoms with van der Waals surface area (Å²) < 4.78 is 16.7. The van der Waals surface area contributed by atoms with Crippen LogP contribution in [0.25, 0.3) is 0 Å². The number of likely N-dealkylation sites (N-methyl/N-ethyl adjacent to an activating group) is 1. The highest BCUT2D eigenvalue weighted by atomic mass is 16.6. The largest absolute Gasteiger partial charge is 0.491 e. The molecule has 1 aromatic rings. The molecule has 7 nitrogen and oxygen atoms in total. The lowest BCUT2D eigenvalue weighted by Crippen LogP contribution is -2.48. The van der Waals surface area contributed by atoms with Crippen LogP contribution in [-0.4, -0.2) is 82.1 Å². The van der Waals surface area contributed by atoms with Gasteiger partial charge in [-0.3, -0.25) is 10.2 Å². The number of carbonyl (C=O) groups is 1. The average Bonchev–Trinajstić information content (AvgIpc) is 2.68. The number of anilines is 1. The first kappa shape index (κ1) is 22.5. The van der Waals surface area contributed by atoms with Gasteiger partial charge < -0.3 is 19.1 Å². The van der Waals surface area contributed by atoms with Gasteiger partial charge in [-0.15, -0.1) is 0 Å². The van der Waals surface area contributed by atoms with Gasteiger partial charge in [-0.05, 0) is 25.6 Å². The molecule has 158 valence electrons. The standard InChI is InChI=1S/C21H35N3O4/c1-4-5-8-15-27-20-10-7-6-9-19(20)22-21(25)28-18(17-26-3)16-24-13-11-23(2)12-14-24/h6-7,9-10,18H,4-5,8,11-17H2,1-3H3,(H,22,25)/t18-/m0/s1. The minimum absolute atomic E-state index is 0.314. The number of ether oxygens (including phenoxy) is 3. The van der Waals surface area contributed by atoms with E-state index in [-0.39, 0.29) is 6.10 Å². The van der Waals surface area contributed by atoms with Crippen molar-refractivity contribution < 1.29 is 19.0 Å². The van der Waals surface area contributed by atoms with Crippen molar-refractivity contribution in [3.63, 3.8) is 0 Å². The first-order chi connectivity index (χ1) is 13.6. The van der Waals surface area contributed by atoms with E-state index in [1.54, 1.807) is 7.11 Å². The van der Waals surface area contributed by atoms with E-state index in [1.807, 2.05) is 24.3 Å². The molecule has 28 heavy (non-hydrogen) atoms. The Morgan fingerprint density at radius 2 is 1.93 bits per heavy atom. The van der Waals surface area contributed by atoms with Crippen LogP contribution in [0.4, 0.5) is 10.5 Å². The highest BCUT2D eigenvalue weighted by Gasteiger charge is 2.22. The van der Waals surface area contributed by atoms with Gasteiger partial charge in [0.05, 0.1) is 18.9 Å². The topological polar surface area (TPSA) is 63.3 Å². The second-order valence-electron chi connectivity index (χ2n) is 7.26. The second-order valence-corrected chi connectivity index (χ2v) is 7.26. The Bertz CT molecular complexity index is 577. The Hall–Kier alpha value is -1.83. The predicted octanol–water partition coefficient (Wildman–Crippen LogP) is 3.07. The molecule has 7 heteroatoms. The van der Waals surface area contributed by atoms with Gasteiger partial charge in [0.2, 0.25) is 0 Å². The summed E-state index contributed by atoms with van der Waals surface area (Å²) >= 11 is 0. The highest BCUT2D eigenvalue weighted by Crippen LogP contribution is 2.24. The molecule has 0 saturated carbocycles. The van der Waals surface area contributed by atoms with Gasteiger partial charge in [-0.25, -0.2) is 4.79 Å². The molecule has 1 aliphatic rings. The van der Waals surface area contributed by atoms with E-state index in [2.05, 4.69) is 29.1 Å². The number of benzene rings is 1. The zero-order chi connectivity index (χ0) is 20.2. The summed E-state index contributed by atoms with van der Waals surface area (Å²) in [5.41, 5.74) is 0.625. The van der Waals surface area contributed by atoms with E-state index in [0.717, 1.165) is 45.4 Å². The first-order valence-electron chi connectivity index (χ1n) is 10.2. The van der Waals surface area contributed by atoms with Crippen LogP contribution in [0.1, 0.15) is 26.2 Å². The molecule has 1 saturated heterocycles. The number of para-hydroxylation sites is 2. The van der Waals surface area contributed by atoms with Crippen LogP contribution in [0.15, 0.2) is 24.3 Å². The molecule has 0 aliphatic carbocycles. The minimum atomic E-state index is -0.485. The van der Waals surface area contributed by atoms with Gasteiger partial charge in [-0.2, -0.15) is 0 Å². The Balaban J connectivity index is 1.86. The minimum Gasteiger partial charge on any atom is -0.491 e. The van der Waals surface area contributed by atoms with Crippen LogP contribution in [0.2, 0.25) is 0 Å². The van der Waals surface area contributed by atoms with E-state index in [1.165, 1.54) is 0 Å². The summed E-state index contributed by atoms with van der Waals surface area (Å²) in [5, 5.41) is 2.82. The van der Waals surface area contributed by atoms with Crippen molar-refractivity contribution in [2.24, 2.45) is 0 Å². The highest BCUT2D eigenvalue weighted by molar-refractivity contribution is 5.86. The molecule has 1 aromatic carbocycles. The quantitative estimate of drug-likeness (QED) is 0.583. The molecule has 0 spiro atoms. The maximum atomic E-state index is 12.4. The van der Waals surface area contributed by atoms with E-state index >= 15 is 0 Å². The van der Waals surface area contributed by atoms with Crippen molar-refractivity contribution in [3.8, 4) is 5.75 Å². The molecule has 2 rings (SSSR count). The third-order valence-corrected chi connectivity index (χ3v) is 4.81. The number of carbonyl (C=O) groups excluding carboxylic acids is 1. The molecule has 0 unspecified atom stereocenters. The molecule has 1 N–H and O–H groups in total. The fourth-order valence-corrected chi connectivity index (χ4v) is 3.15. The van der Waals surface area contributed by atoms with Gasteiger partial charge in [0.25, 0.3) is 0 Å². The maximum Gasteiger partial charge on any atom is 0.412 e. The summed E-state index contributed by atoms with van der Waals surface area (Å²) in [6.07, 6.45) is 2.47. The molecule has 1 heterocycles. The lowest BCUT2D eigenvalue weighted by Gasteiger charge is -2.34. The molecule has 1 atom stereocenters. The zero-order valence-corrected chi connectivity index (χ0v) is 17.5. The SMILES string of the molecule is CCCCCOc1ccccc1NC(=O)O[C@H](COC)CN1CCN(C)CC1. The van der Waals surface area contributed by atoms with E-state index < -0.39 is 6.09 Å². The van der Waals surface area contributed by atoms with Gasteiger partial charge in [-0.1, -0.05) is 31.9 Å². The van der Waals surface area contributed by atoms with Crippen molar-refractivity contribution in [1.82, 2.24) is 9.80 Å². The number of piperazine rings is 1. The summed E-state index contributed by atoms with van der Waals surface area (Å²) in [4.78, 5) is 17.1. The van der Waals surface area contributed by atoms with Crippen molar-refractivity contribution in [3.05, 3.63) is 24.3 Å². The van der Waals surface area contributed by atoms with Gasteiger partial charge >= 0.3 is 6.09 Å². The van der Waals surface area contributed by atoms with Crippen LogP contribution in [0.3, 0.4) is 0 Å². The average molecular weight is 394 g/mol. The molecule has 1 amide bonds.